The summed E-state index contributed by atoms with van der Waals surface area (Å²) in [7, 11) is 1.07. The zero-order valence-electron chi connectivity index (χ0n) is 17.9. The Kier molecular flexibility index (Phi) is 7.33. The number of nitro benzene ring substituents is 1. The van der Waals surface area contributed by atoms with Crippen LogP contribution in [0.15, 0.2) is 60.7 Å². The van der Waals surface area contributed by atoms with Crippen molar-refractivity contribution in [2.24, 2.45) is 0 Å². The highest BCUT2D eigenvalue weighted by Crippen LogP contribution is 2.32. The van der Waals surface area contributed by atoms with Crippen molar-refractivity contribution in [3.05, 3.63) is 93.3 Å². The van der Waals surface area contributed by atoms with Gasteiger partial charge in [-0.2, -0.15) is 13.2 Å². The molecule has 182 valence electrons. The van der Waals surface area contributed by atoms with Crippen molar-refractivity contribution in [1.29, 1.82) is 0 Å². The van der Waals surface area contributed by atoms with Crippen LogP contribution in [0.2, 0.25) is 0 Å². The molecule has 0 fully saturated rings. The fourth-order valence-electron chi connectivity index (χ4n) is 3.02. The first-order chi connectivity index (χ1) is 16.5. The lowest BCUT2D eigenvalue weighted by molar-refractivity contribution is -0.384. The fourth-order valence-corrected chi connectivity index (χ4v) is 3.02. The lowest BCUT2D eigenvalue weighted by atomic mass is 10.1. The molecule has 0 aliphatic rings. The maximum atomic E-state index is 14.3. The van der Waals surface area contributed by atoms with Gasteiger partial charge in [0.25, 0.3) is 5.69 Å². The van der Waals surface area contributed by atoms with E-state index in [0.29, 0.717) is 0 Å². The van der Waals surface area contributed by atoms with Crippen LogP contribution in [0.5, 0.6) is 11.5 Å². The van der Waals surface area contributed by atoms with Crippen LogP contribution in [0.3, 0.4) is 0 Å². The Labute approximate surface area is 195 Å². The van der Waals surface area contributed by atoms with E-state index >= 15 is 0 Å². The zero-order valence-corrected chi connectivity index (χ0v) is 17.9. The number of alkyl halides is 3. The van der Waals surface area contributed by atoms with Gasteiger partial charge in [0, 0.05) is 18.2 Å². The van der Waals surface area contributed by atoms with E-state index in [4.69, 9.17) is 4.74 Å². The molecule has 0 atom stereocenters. The Balaban J connectivity index is 1.80. The number of amides is 1. The zero-order chi connectivity index (χ0) is 25.8. The van der Waals surface area contributed by atoms with Gasteiger partial charge in [-0.05, 0) is 29.8 Å². The van der Waals surface area contributed by atoms with Gasteiger partial charge in [-0.25, -0.2) is 9.18 Å². The molecule has 0 heterocycles. The van der Waals surface area contributed by atoms with E-state index in [0.717, 1.165) is 55.6 Å². The minimum absolute atomic E-state index is 0.0419. The molecule has 0 aromatic heterocycles. The van der Waals surface area contributed by atoms with Crippen molar-refractivity contribution in [3.63, 3.8) is 0 Å². The van der Waals surface area contributed by atoms with Gasteiger partial charge in [-0.3, -0.25) is 14.9 Å². The molecule has 0 saturated carbocycles. The number of non-ortho nitro benzene ring substituents is 1. The Hall–Kier alpha value is -4.48. The van der Waals surface area contributed by atoms with Gasteiger partial charge in [0.1, 0.15) is 22.9 Å². The molecular formula is C23H16F4N2O6. The van der Waals surface area contributed by atoms with E-state index in [1.54, 1.807) is 0 Å². The summed E-state index contributed by atoms with van der Waals surface area (Å²) in [6.07, 6.45) is -5.03. The molecule has 8 nitrogen and oxygen atoms in total. The number of carbonyl (C=O) groups excluding carboxylic acids is 2. The second-order valence-electron chi connectivity index (χ2n) is 7.10. The predicted octanol–water partition coefficient (Wildman–Crippen LogP) is 5.51. The van der Waals surface area contributed by atoms with Crippen LogP contribution in [-0.2, 0) is 22.1 Å². The average molecular weight is 492 g/mol. The second kappa shape index (κ2) is 10.2. The SMILES string of the molecule is COC(=O)c1cc([N+](=O)[O-])ccc1Oc1ccc(F)c(NC(=O)Cc2cccc(C(F)(F)F)c2)c1. The number of carbonyl (C=O) groups is 2. The quantitative estimate of drug-likeness (QED) is 0.202. The first kappa shape index (κ1) is 25.1. The number of methoxy groups -OCH3 is 1. The Morgan fingerprint density at radius 2 is 1.80 bits per heavy atom. The number of nitrogens with zero attached hydrogens (tertiary/aromatic N) is 1. The Morgan fingerprint density at radius 1 is 1.06 bits per heavy atom. The van der Waals surface area contributed by atoms with E-state index in [9.17, 15) is 37.3 Å². The van der Waals surface area contributed by atoms with Gasteiger partial charge in [-0.1, -0.05) is 18.2 Å². The number of halogens is 4. The van der Waals surface area contributed by atoms with E-state index < -0.39 is 40.8 Å². The largest absolute Gasteiger partial charge is 0.465 e. The van der Waals surface area contributed by atoms with Crippen LogP contribution >= 0.6 is 0 Å². The third-order valence-corrected chi connectivity index (χ3v) is 4.64. The Bertz CT molecular complexity index is 1290. The number of ether oxygens (including phenoxy) is 2. The third kappa shape index (κ3) is 6.31. The minimum Gasteiger partial charge on any atom is -0.465 e. The maximum Gasteiger partial charge on any atom is 0.416 e. The van der Waals surface area contributed by atoms with Crippen LogP contribution in [0, 0.1) is 15.9 Å². The van der Waals surface area contributed by atoms with Crippen LogP contribution < -0.4 is 10.1 Å². The summed E-state index contributed by atoms with van der Waals surface area (Å²) in [6.45, 7) is 0. The Morgan fingerprint density at radius 3 is 2.46 bits per heavy atom. The highest BCUT2D eigenvalue weighted by Gasteiger charge is 2.30. The number of hydrogen-bond acceptors (Lipinski definition) is 6. The van der Waals surface area contributed by atoms with Gasteiger partial charge >= 0.3 is 12.1 Å². The first-order valence-electron chi connectivity index (χ1n) is 9.78. The summed E-state index contributed by atoms with van der Waals surface area (Å²) in [6, 6.07) is 10.6. The van der Waals surface area contributed by atoms with Crippen molar-refractivity contribution in [2.45, 2.75) is 12.6 Å². The third-order valence-electron chi connectivity index (χ3n) is 4.64. The smallest absolute Gasteiger partial charge is 0.416 e. The normalized spacial score (nSPS) is 11.0. The molecule has 0 saturated heterocycles. The molecule has 1 amide bonds. The summed E-state index contributed by atoms with van der Waals surface area (Å²) < 4.78 is 63.0. The maximum absolute atomic E-state index is 14.3. The van der Waals surface area contributed by atoms with Gasteiger partial charge in [0.05, 0.1) is 29.7 Å². The van der Waals surface area contributed by atoms with Crippen molar-refractivity contribution >= 4 is 23.3 Å². The minimum atomic E-state index is -4.58. The molecule has 35 heavy (non-hydrogen) atoms. The van der Waals surface area contributed by atoms with Crippen molar-refractivity contribution in [2.75, 3.05) is 12.4 Å². The van der Waals surface area contributed by atoms with E-state index in [-0.39, 0.29) is 34.0 Å². The fraction of sp³-hybridized carbons (Fsp3) is 0.130. The number of esters is 1. The average Bonchev–Trinajstić information content (AvgIpc) is 2.80. The van der Waals surface area contributed by atoms with Gasteiger partial charge in [-0.15, -0.1) is 0 Å². The van der Waals surface area contributed by atoms with Crippen molar-refractivity contribution in [1.82, 2.24) is 0 Å². The topological polar surface area (TPSA) is 108 Å². The van der Waals surface area contributed by atoms with E-state index in [1.165, 1.54) is 12.1 Å². The summed E-state index contributed by atoms with van der Waals surface area (Å²) >= 11 is 0. The molecule has 12 heteroatoms. The van der Waals surface area contributed by atoms with Crippen molar-refractivity contribution < 1.29 is 41.5 Å². The van der Waals surface area contributed by atoms with Crippen molar-refractivity contribution in [3.8, 4) is 11.5 Å². The number of nitro groups is 1. The summed E-state index contributed by atoms with van der Waals surface area (Å²) in [5, 5.41) is 13.3. The number of nitrogens with one attached hydrogen (secondary N) is 1. The van der Waals surface area contributed by atoms with E-state index in [2.05, 4.69) is 10.1 Å². The highest BCUT2D eigenvalue weighted by molar-refractivity contribution is 5.94. The lowest BCUT2D eigenvalue weighted by Crippen LogP contribution is -2.16. The molecule has 0 aliphatic carbocycles. The van der Waals surface area contributed by atoms with Gasteiger partial charge in [0.2, 0.25) is 5.91 Å². The molecule has 0 aliphatic heterocycles. The summed E-state index contributed by atoms with van der Waals surface area (Å²) in [4.78, 5) is 34.6. The van der Waals surface area contributed by atoms with Crippen LogP contribution in [0.1, 0.15) is 21.5 Å². The summed E-state index contributed by atoms with van der Waals surface area (Å²) in [5.74, 6) is -2.73. The number of anilines is 1. The first-order valence-corrected chi connectivity index (χ1v) is 9.78. The van der Waals surface area contributed by atoms with E-state index in [1.807, 2.05) is 0 Å². The molecule has 1 N–H and O–H groups in total. The number of benzene rings is 3. The summed E-state index contributed by atoms with van der Waals surface area (Å²) in [5.41, 5.74) is -1.84. The number of hydrogen-bond donors (Lipinski definition) is 1. The van der Waals surface area contributed by atoms with Gasteiger partial charge < -0.3 is 14.8 Å². The standard InChI is InChI=1S/C23H16F4N2O6/c1-34-22(31)17-11-15(29(32)33)5-8-20(17)35-16-6-7-18(24)19(12-16)28-21(30)10-13-3-2-4-14(9-13)23(25,26)27/h2-9,11-12H,10H2,1H3,(H,28,30). The molecule has 3 aromatic carbocycles. The lowest BCUT2D eigenvalue weighted by Gasteiger charge is -2.13. The molecule has 0 spiro atoms. The molecule has 3 aromatic rings. The molecule has 0 unspecified atom stereocenters. The monoisotopic (exact) mass is 492 g/mol. The molecule has 0 bridgehead atoms. The number of rotatable bonds is 7. The highest BCUT2D eigenvalue weighted by atomic mass is 19.4. The molecule has 0 radical (unpaired) electrons. The van der Waals surface area contributed by atoms with Crippen LogP contribution in [-0.4, -0.2) is 23.9 Å². The molecular weight excluding hydrogens is 476 g/mol. The predicted molar refractivity (Wildman–Crippen MR) is 115 cm³/mol. The molecule has 3 rings (SSSR count). The van der Waals surface area contributed by atoms with Crippen LogP contribution in [0.25, 0.3) is 0 Å². The van der Waals surface area contributed by atoms with Crippen LogP contribution in [0.4, 0.5) is 28.9 Å². The van der Waals surface area contributed by atoms with Gasteiger partial charge in [0.15, 0.2) is 0 Å². The second-order valence-corrected chi connectivity index (χ2v) is 7.10.